The van der Waals surface area contributed by atoms with Gasteiger partial charge in [0.15, 0.2) is 0 Å². The molecule has 0 bridgehead atoms. The van der Waals surface area contributed by atoms with Gasteiger partial charge in [-0.15, -0.1) is 0 Å². The molecule has 0 radical (unpaired) electrons. The van der Waals surface area contributed by atoms with Crippen molar-refractivity contribution in [2.75, 3.05) is 19.2 Å². The van der Waals surface area contributed by atoms with Crippen LogP contribution in [0.2, 0.25) is 0 Å². The molecule has 0 aliphatic carbocycles. The molecule has 3 aromatic carbocycles. The number of hydrazone groups is 1. The van der Waals surface area contributed by atoms with Gasteiger partial charge in [-0.25, -0.2) is 4.98 Å². The fourth-order valence-corrected chi connectivity index (χ4v) is 4.63. The summed E-state index contributed by atoms with van der Waals surface area (Å²) in [7, 11) is 3.08. The molecule has 9 heteroatoms. The first kappa shape index (κ1) is 22.4. The molecule has 0 aliphatic heterocycles. The van der Waals surface area contributed by atoms with Gasteiger partial charge in [0.1, 0.15) is 11.5 Å². The summed E-state index contributed by atoms with van der Waals surface area (Å²) in [6, 6.07) is 18.4. The minimum absolute atomic E-state index is 0.353. The van der Waals surface area contributed by atoms with E-state index >= 15 is 0 Å². The number of benzene rings is 3. The van der Waals surface area contributed by atoms with Gasteiger partial charge in [-0.1, -0.05) is 55.3 Å². The standard InChI is InChI=1S/C23H17Br2N3O3S/c1-30-18-9-15(10-19(12-18)31-2)22(29)28(26-13-14-3-5-16(24)6-4-14)23-27-20-8-7-17(25)11-21(20)32-23/h3-13H,1-2H3/b26-13+. The van der Waals surface area contributed by atoms with Crippen LogP contribution in [0.25, 0.3) is 10.2 Å². The van der Waals surface area contributed by atoms with E-state index in [0.717, 1.165) is 24.7 Å². The monoisotopic (exact) mass is 573 g/mol. The summed E-state index contributed by atoms with van der Waals surface area (Å²) in [5.74, 6) is 0.671. The molecule has 0 spiro atoms. The van der Waals surface area contributed by atoms with Crippen molar-refractivity contribution in [2.24, 2.45) is 5.10 Å². The summed E-state index contributed by atoms with van der Waals surface area (Å²) in [6.45, 7) is 0. The summed E-state index contributed by atoms with van der Waals surface area (Å²) in [6.07, 6.45) is 1.63. The highest BCUT2D eigenvalue weighted by Crippen LogP contribution is 2.33. The Hall–Kier alpha value is -2.75. The van der Waals surface area contributed by atoms with Crippen molar-refractivity contribution in [1.29, 1.82) is 0 Å². The van der Waals surface area contributed by atoms with Crippen LogP contribution < -0.4 is 14.5 Å². The van der Waals surface area contributed by atoms with Crippen LogP contribution in [-0.2, 0) is 0 Å². The quantitative estimate of drug-likeness (QED) is 0.194. The van der Waals surface area contributed by atoms with Gasteiger partial charge < -0.3 is 9.47 Å². The largest absolute Gasteiger partial charge is 0.497 e. The smallest absolute Gasteiger partial charge is 0.281 e. The maximum Gasteiger partial charge on any atom is 0.281 e. The number of rotatable bonds is 6. The normalized spacial score (nSPS) is 11.1. The molecule has 0 fully saturated rings. The van der Waals surface area contributed by atoms with E-state index in [2.05, 4.69) is 41.9 Å². The van der Waals surface area contributed by atoms with Gasteiger partial charge in [0.2, 0.25) is 5.13 Å². The van der Waals surface area contributed by atoms with Gasteiger partial charge in [-0.2, -0.15) is 10.1 Å². The first-order valence-electron chi connectivity index (χ1n) is 9.40. The Morgan fingerprint density at radius 2 is 1.62 bits per heavy atom. The van der Waals surface area contributed by atoms with E-state index in [4.69, 9.17) is 9.47 Å². The number of methoxy groups -OCH3 is 2. The van der Waals surface area contributed by atoms with E-state index in [1.807, 2.05) is 42.5 Å². The molecule has 6 nitrogen and oxygen atoms in total. The highest BCUT2D eigenvalue weighted by Gasteiger charge is 2.22. The fraction of sp³-hybridized carbons (Fsp3) is 0.0870. The lowest BCUT2D eigenvalue weighted by Gasteiger charge is -2.15. The van der Waals surface area contributed by atoms with Crippen LogP contribution in [0.4, 0.5) is 5.13 Å². The average Bonchev–Trinajstić information content (AvgIpc) is 3.22. The van der Waals surface area contributed by atoms with E-state index in [9.17, 15) is 4.79 Å². The molecule has 0 saturated carbocycles. The van der Waals surface area contributed by atoms with E-state index in [0.29, 0.717) is 22.2 Å². The zero-order valence-electron chi connectivity index (χ0n) is 17.1. The number of anilines is 1. The third kappa shape index (κ3) is 5.01. The van der Waals surface area contributed by atoms with Crippen molar-refractivity contribution in [3.8, 4) is 11.5 Å². The zero-order chi connectivity index (χ0) is 22.7. The van der Waals surface area contributed by atoms with E-state index in [1.54, 1.807) is 24.4 Å². The second-order valence-electron chi connectivity index (χ2n) is 6.62. The first-order valence-corrected chi connectivity index (χ1v) is 11.8. The van der Waals surface area contributed by atoms with Crippen LogP contribution in [0.15, 0.2) is 74.7 Å². The number of nitrogens with zero attached hydrogens (tertiary/aromatic N) is 3. The zero-order valence-corrected chi connectivity index (χ0v) is 21.1. The molecule has 0 saturated heterocycles. The van der Waals surface area contributed by atoms with Crippen molar-refractivity contribution in [2.45, 2.75) is 0 Å². The van der Waals surface area contributed by atoms with Crippen LogP contribution in [0.1, 0.15) is 15.9 Å². The van der Waals surface area contributed by atoms with Gasteiger partial charge in [-0.05, 0) is 48.0 Å². The fourth-order valence-electron chi connectivity index (χ4n) is 2.89. The average molecular weight is 575 g/mol. The molecule has 162 valence electrons. The van der Waals surface area contributed by atoms with Gasteiger partial charge >= 0.3 is 0 Å². The molecule has 0 unspecified atom stereocenters. The van der Waals surface area contributed by atoms with Gasteiger partial charge in [0.25, 0.3) is 5.91 Å². The third-order valence-corrected chi connectivity index (χ3v) is 6.52. The number of halogens is 2. The molecular weight excluding hydrogens is 558 g/mol. The first-order chi connectivity index (χ1) is 15.5. The second kappa shape index (κ2) is 9.81. The van der Waals surface area contributed by atoms with Crippen LogP contribution in [-0.4, -0.2) is 31.3 Å². The van der Waals surface area contributed by atoms with Crippen molar-refractivity contribution in [3.63, 3.8) is 0 Å². The lowest BCUT2D eigenvalue weighted by Crippen LogP contribution is -2.25. The number of thiazole rings is 1. The number of hydrogen-bond donors (Lipinski definition) is 0. The summed E-state index contributed by atoms with van der Waals surface area (Å²) in [4.78, 5) is 18.2. The molecule has 32 heavy (non-hydrogen) atoms. The summed E-state index contributed by atoms with van der Waals surface area (Å²) in [5, 5.41) is 6.25. The van der Waals surface area contributed by atoms with E-state index < -0.39 is 0 Å². The van der Waals surface area contributed by atoms with Crippen LogP contribution in [0, 0.1) is 0 Å². The Kier molecular flexibility index (Phi) is 6.88. The Bertz CT molecular complexity index is 1280. The predicted octanol–water partition coefficient (Wildman–Crippen LogP) is 6.52. The van der Waals surface area contributed by atoms with E-state index in [1.165, 1.54) is 30.6 Å². The number of fused-ring (bicyclic) bond motifs is 1. The van der Waals surface area contributed by atoms with Crippen molar-refractivity contribution < 1.29 is 14.3 Å². The Labute approximate surface area is 205 Å². The predicted molar refractivity (Wildman–Crippen MR) is 135 cm³/mol. The Morgan fingerprint density at radius 3 is 2.28 bits per heavy atom. The lowest BCUT2D eigenvalue weighted by molar-refractivity contribution is 0.0987. The number of ether oxygens (including phenoxy) is 2. The molecule has 0 atom stereocenters. The molecule has 1 amide bonds. The minimum atomic E-state index is -0.353. The molecule has 4 rings (SSSR count). The number of aromatic nitrogens is 1. The maximum atomic E-state index is 13.6. The summed E-state index contributed by atoms with van der Waals surface area (Å²) >= 11 is 8.28. The number of carbonyl (C=O) groups is 1. The molecular formula is C23H17Br2N3O3S. The van der Waals surface area contributed by atoms with Crippen LogP contribution >= 0.6 is 43.2 Å². The Morgan fingerprint density at radius 1 is 0.969 bits per heavy atom. The topological polar surface area (TPSA) is 64.0 Å². The summed E-state index contributed by atoms with van der Waals surface area (Å²) in [5.41, 5.74) is 2.00. The van der Waals surface area contributed by atoms with Crippen molar-refractivity contribution >= 4 is 70.7 Å². The van der Waals surface area contributed by atoms with Gasteiger partial charge in [0, 0.05) is 20.6 Å². The highest BCUT2D eigenvalue weighted by molar-refractivity contribution is 9.10. The molecule has 1 heterocycles. The van der Waals surface area contributed by atoms with Gasteiger partial charge in [0.05, 0.1) is 30.7 Å². The van der Waals surface area contributed by atoms with Crippen molar-refractivity contribution in [1.82, 2.24) is 4.98 Å². The van der Waals surface area contributed by atoms with Crippen molar-refractivity contribution in [3.05, 3.63) is 80.7 Å². The number of hydrogen-bond acceptors (Lipinski definition) is 6. The molecule has 1 aromatic heterocycles. The maximum absolute atomic E-state index is 13.6. The SMILES string of the molecule is COc1cc(OC)cc(C(=O)N(/N=C/c2ccc(Br)cc2)c2nc3ccc(Br)cc3s2)c1. The molecule has 0 N–H and O–H groups in total. The van der Waals surface area contributed by atoms with E-state index in [-0.39, 0.29) is 5.91 Å². The third-order valence-electron chi connectivity index (χ3n) is 4.50. The lowest BCUT2D eigenvalue weighted by atomic mass is 10.2. The molecule has 0 aliphatic rings. The second-order valence-corrected chi connectivity index (χ2v) is 9.46. The van der Waals surface area contributed by atoms with Crippen LogP contribution in [0.3, 0.4) is 0 Å². The minimum Gasteiger partial charge on any atom is -0.497 e. The summed E-state index contributed by atoms with van der Waals surface area (Å²) < 4.78 is 13.5. The van der Waals surface area contributed by atoms with Gasteiger partial charge in [-0.3, -0.25) is 4.79 Å². The highest BCUT2D eigenvalue weighted by atomic mass is 79.9. The van der Waals surface area contributed by atoms with Crippen LogP contribution in [0.5, 0.6) is 11.5 Å². The number of carbonyl (C=O) groups excluding carboxylic acids is 1. The number of amides is 1. The molecule has 4 aromatic rings. The Balaban J connectivity index is 1.78.